The molecule has 2 aromatic rings. The Kier molecular flexibility index (Phi) is 3.50. The van der Waals surface area contributed by atoms with Crippen LogP contribution in [0.25, 0.3) is 0 Å². The Labute approximate surface area is 145 Å². The molecule has 1 unspecified atom stereocenters. The van der Waals surface area contributed by atoms with Gasteiger partial charge in [0.2, 0.25) is 5.88 Å². The van der Waals surface area contributed by atoms with Crippen molar-refractivity contribution in [3.8, 4) is 0 Å². The molecule has 0 spiro atoms. The summed E-state index contributed by atoms with van der Waals surface area (Å²) in [6, 6.07) is 4.77. The van der Waals surface area contributed by atoms with Crippen LogP contribution in [0.5, 0.6) is 0 Å². The van der Waals surface area contributed by atoms with Gasteiger partial charge < -0.3 is 15.2 Å². The molecule has 1 amide bonds. The highest BCUT2D eigenvalue weighted by Gasteiger charge is 2.58. The third-order valence-electron chi connectivity index (χ3n) is 4.89. The van der Waals surface area contributed by atoms with Crippen LogP contribution in [0.15, 0.2) is 28.8 Å². The standard InChI is InChI=1S/C16H13ClF3N3O2/c17-11-3-7(1-2-10(11)16(18,19)20)15(24)23-5-8-9(6-23)14(8)12-4-13(21)25-22-12/h1-4,8-9,14H,5-6,21H2/t8-,9+,14?. The van der Waals surface area contributed by atoms with E-state index in [4.69, 9.17) is 21.9 Å². The van der Waals surface area contributed by atoms with E-state index in [2.05, 4.69) is 5.16 Å². The van der Waals surface area contributed by atoms with Crippen LogP contribution >= 0.6 is 11.6 Å². The van der Waals surface area contributed by atoms with E-state index in [9.17, 15) is 18.0 Å². The first-order chi connectivity index (χ1) is 11.8. The van der Waals surface area contributed by atoms with Gasteiger partial charge in [-0.15, -0.1) is 0 Å². The third-order valence-corrected chi connectivity index (χ3v) is 5.20. The fraction of sp³-hybridized carbons (Fsp3) is 0.375. The number of alkyl halides is 3. The second kappa shape index (κ2) is 5.39. The number of nitrogens with zero attached hydrogens (tertiary/aromatic N) is 2. The smallest absolute Gasteiger partial charge is 0.368 e. The first kappa shape index (κ1) is 16.3. The summed E-state index contributed by atoms with van der Waals surface area (Å²) >= 11 is 5.69. The average Bonchev–Trinajstić information content (AvgIpc) is 2.88. The zero-order chi connectivity index (χ0) is 17.9. The van der Waals surface area contributed by atoms with Crippen LogP contribution in [0, 0.1) is 11.8 Å². The van der Waals surface area contributed by atoms with Crippen LogP contribution in [0.4, 0.5) is 19.1 Å². The predicted molar refractivity (Wildman–Crippen MR) is 83.0 cm³/mol. The molecule has 1 aromatic heterocycles. The number of fused-ring (bicyclic) bond motifs is 1. The largest absolute Gasteiger partial charge is 0.417 e. The van der Waals surface area contributed by atoms with Gasteiger partial charge in [-0.05, 0) is 30.0 Å². The van der Waals surface area contributed by atoms with Crippen LogP contribution in [0.3, 0.4) is 0 Å². The zero-order valence-corrected chi connectivity index (χ0v) is 13.5. The predicted octanol–water partition coefficient (Wildman–Crippen LogP) is 3.41. The fourth-order valence-electron chi connectivity index (χ4n) is 3.65. The maximum absolute atomic E-state index is 12.7. The fourth-order valence-corrected chi connectivity index (χ4v) is 3.94. The summed E-state index contributed by atoms with van der Waals surface area (Å²) in [5.74, 6) is 0.714. The number of aromatic nitrogens is 1. The molecule has 1 aliphatic carbocycles. The van der Waals surface area contributed by atoms with Gasteiger partial charge in [0.1, 0.15) is 0 Å². The van der Waals surface area contributed by atoms with E-state index in [1.165, 1.54) is 0 Å². The number of hydrogen-bond donors (Lipinski definition) is 1. The van der Waals surface area contributed by atoms with Crippen LogP contribution in [0.1, 0.15) is 27.5 Å². The molecular weight excluding hydrogens is 359 g/mol. The number of nitrogens with two attached hydrogens (primary N) is 1. The maximum Gasteiger partial charge on any atom is 0.417 e. The van der Waals surface area contributed by atoms with E-state index < -0.39 is 16.8 Å². The van der Waals surface area contributed by atoms with Gasteiger partial charge in [0.25, 0.3) is 5.91 Å². The monoisotopic (exact) mass is 371 g/mol. The van der Waals surface area contributed by atoms with Crippen molar-refractivity contribution < 1.29 is 22.5 Å². The highest BCUT2D eigenvalue weighted by molar-refractivity contribution is 6.31. The average molecular weight is 372 g/mol. The molecule has 4 rings (SSSR count). The minimum Gasteiger partial charge on any atom is -0.368 e. The number of carbonyl (C=O) groups is 1. The lowest BCUT2D eigenvalue weighted by Gasteiger charge is -2.20. The molecule has 9 heteroatoms. The molecule has 132 valence electrons. The molecule has 2 aliphatic rings. The Balaban J connectivity index is 1.45. The van der Waals surface area contributed by atoms with Crippen molar-refractivity contribution in [2.75, 3.05) is 18.8 Å². The van der Waals surface area contributed by atoms with E-state index in [0.717, 1.165) is 23.9 Å². The minimum atomic E-state index is -4.54. The number of hydrogen-bond acceptors (Lipinski definition) is 4. The molecule has 1 saturated carbocycles. The summed E-state index contributed by atoms with van der Waals surface area (Å²) < 4.78 is 43.1. The van der Waals surface area contributed by atoms with Gasteiger partial charge in [0.05, 0.1) is 16.3 Å². The summed E-state index contributed by atoms with van der Waals surface area (Å²) in [6.07, 6.45) is -4.54. The normalized spacial score (nSPS) is 25.1. The number of piperidine rings is 1. The summed E-state index contributed by atoms with van der Waals surface area (Å²) in [6.45, 7) is 1.05. The van der Waals surface area contributed by atoms with Gasteiger partial charge in [-0.3, -0.25) is 4.79 Å². The molecule has 1 aromatic carbocycles. The van der Waals surface area contributed by atoms with Crippen molar-refractivity contribution in [3.63, 3.8) is 0 Å². The second-order valence-electron chi connectivity index (χ2n) is 6.41. The summed E-state index contributed by atoms with van der Waals surface area (Å²) in [5.41, 5.74) is 5.51. The topological polar surface area (TPSA) is 72.4 Å². The van der Waals surface area contributed by atoms with Crippen LogP contribution in [0.2, 0.25) is 5.02 Å². The molecule has 2 N–H and O–H groups in total. The molecule has 1 saturated heterocycles. The minimum absolute atomic E-state index is 0.154. The molecule has 1 aliphatic heterocycles. The zero-order valence-electron chi connectivity index (χ0n) is 12.8. The number of rotatable bonds is 2. The summed E-state index contributed by atoms with van der Waals surface area (Å²) in [7, 11) is 0. The Morgan fingerprint density at radius 1 is 1.28 bits per heavy atom. The van der Waals surface area contributed by atoms with Gasteiger partial charge >= 0.3 is 6.18 Å². The van der Waals surface area contributed by atoms with Gasteiger partial charge in [-0.1, -0.05) is 16.8 Å². The molecule has 25 heavy (non-hydrogen) atoms. The summed E-state index contributed by atoms with van der Waals surface area (Å²) in [5, 5.41) is 3.43. The van der Waals surface area contributed by atoms with Crippen LogP contribution in [-0.4, -0.2) is 29.1 Å². The van der Waals surface area contributed by atoms with Gasteiger partial charge in [0.15, 0.2) is 0 Å². The third kappa shape index (κ3) is 2.74. The molecule has 0 radical (unpaired) electrons. The van der Waals surface area contributed by atoms with Crippen molar-refractivity contribution in [2.24, 2.45) is 11.8 Å². The van der Waals surface area contributed by atoms with Crippen LogP contribution in [-0.2, 0) is 6.18 Å². The molecule has 3 atom stereocenters. The number of benzene rings is 1. The SMILES string of the molecule is Nc1cc(C2[C@H]3CN(C(=O)c4ccc(C(F)(F)F)c(Cl)c4)C[C@@H]23)no1. The van der Waals surface area contributed by atoms with E-state index in [0.29, 0.717) is 13.1 Å². The van der Waals surface area contributed by atoms with Crippen molar-refractivity contribution >= 4 is 23.4 Å². The molecule has 2 heterocycles. The van der Waals surface area contributed by atoms with E-state index >= 15 is 0 Å². The number of amides is 1. The maximum atomic E-state index is 12.7. The first-order valence-electron chi connectivity index (χ1n) is 7.64. The van der Waals surface area contributed by atoms with Gasteiger partial charge in [-0.25, -0.2) is 0 Å². The Hall–Kier alpha value is -2.22. The van der Waals surface area contributed by atoms with Crippen molar-refractivity contribution in [1.82, 2.24) is 10.1 Å². The lowest BCUT2D eigenvalue weighted by molar-refractivity contribution is -0.137. The number of carbonyl (C=O) groups excluding carboxylic acids is 1. The lowest BCUT2D eigenvalue weighted by Crippen LogP contribution is -2.31. The highest BCUT2D eigenvalue weighted by Crippen LogP contribution is 2.58. The van der Waals surface area contributed by atoms with E-state index in [1.54, 1.807) is 11.0 Å². The van der Waals surface area contributed by atoms with E-state index in [1.807, 2.05) is 0 Å². The molecule has 2 fully saturated rings. The van der Waals surface area contributed by atoms with Crippen molar-refractivity contribution in [1.29, 1.82) is 0 Å². The second-order valence-corrected chi connectivity index (χ2v) is 6.82. The molecule has 5 nitrogen and oxygen atoms in total. The molecule has 0 bridgehead atoms. The highest BCUT2D eigenvalue weighted by atomic mass is 35.5. The lowest BCUT2D eigenvalue weighted by atomic mass is 10.1. The van der Waals surface area contributed by atoms with Gasteiger partial charge in [0, 0.05) is 30.6 Å². The van der Waals surface area contributed by atoms with E-state index in [-0.39, 0.29) is 35.1 Å². The van der Waals surface area contributed by atoms with Crippen molar-refractivity contribution in [3.05, 3.63) is 46.1 Å². The van der Waals surface area contributed by atoms with Crippen LogP contribution < -0.4 is 5.73 Å². The first-order valence-corrected chi connectivity index (χ1v) is 8.01. The van der Waals surface area contributed by atoms with Gasteiger partial charge in [-0.2, -0.15) is 13.2 Å². The number of nitrogen functional groups attached to an aromatic ring is 1. The number of likely N-dealkylation sites (tertiary alicyclic amines) is 1. The number of anilines is 1. The Morgan fingerprint density at radius 3 is 2.48 bits per heavy atom. The molecular formula is C16H13ClF3N3O2. The number of halogens is 4. The summed E-state index contributed by atoms with van der Waals surface area (Å²) in [4.78, 5) is 14.1. The van der Waals surface area contributed by atoms with Crippen molar-refractivity contribution in [2.45, 2.75) is 12.1 Å². The quantitative estimate of drug-likeness (QED) is 0.878. The Morgan fingerprint density at radius 2 is 1.96 bits per heavy atom. The Bertz CT molecular complexity index is 839.